The zero-order valence-corrected chi connectivity index (χ0v) is 27.4. The molecule has 0 unspecified atom stereocenters. The van der Waals surface area contributed by atoms with Gasteiger partial charge in [0.25, 0.3) is 0 Å². The minimum atomic E-state index is -1.87. The van der Waals surface area contributed by atoms with Crippen LogP contribution in [0.2, 0.25) is 42.3 Å². The minimum Gasteiger partial charge on any atom is -0.416 e. The second kappa shape index (κ2) is 13.3. The molecule has 0 N–H and O–H groups in total. The van der Waals surface area contributed by atoms with Crippen molar-refractivity contribution < 1.29 is 13.6 Å². The number of hydrogen-bond donors (Lipinski definition) is 0. The topological polar surface area (TPSA) is 36.3 Å². The highest BCUT2D eigenvalue weighted by atomic mass is 127. The Labute approximate surface area is 228 Å². The van der Waals surface area contributed by atoms with Crippen molar-refractivity contribution in [3.63, 3.8) is 0 Å². The number of nitrogens with zero attached hydrogens (tertiary/aromatic N) is 2. The van der Waals surface area contributed by atoms with Crippen molar-refractivity contribution in [1.82, 2.24) is 9.55 Å². The fraction of sp³-hybridized carbons (Fsp3) is 0.667. The van der Waals surface area contributed by atoms with Crippen LogP contribution >= 0.6 is 22.6 Å². The Kier molecular flexibility index (Phi) is 11.7. The number of benzene rings is 1. The van der Waals surface area contributed by atoms with E-state index in [1.165, 1.54) is 12.1 Å². The summed E-state index contributed by atoms with van der Waals surface area (Å²) in [6.45, 7) is 23.1. The van der Waals surface area contributed by atoms with E-state index in [1.54, 1.807) is 12.1 Å². The van der Waals surface area contributed by atoms with Crippen LogP contribution in [0.5, 0.6) is 0 Å². The largest absolute Gasteiger partial charge is 0.416 e. The van der Waals surface area contributed by atoms with Gasteiger partial charge in [0.1, 0.15) is 27.8 Å². The van der Waals surface area contributed by atoms with E-state index in [0.717, 1.165) is 52.9 Å². The Morgan fingerprint density at radius 1 is 0.943 bits per heavy atom. The van der Waals surface area contributed by atoms with Crippen molar-refractivity contribution in [2.75, 3.05) is 13.2 Å². The lowest BCUT2D eigenvalue weighted by molar-refractivity contribution is 0.0833. The van der Waals surface area contributed by atoms with Gasteiger partial charge in [-0.3, -0.25) is 4.57 Å². The van der Waals surface area contributed by atoms with E-state index in [9.17, 15) is 4.39 Å². The Bertz CT molecular complexity index is 903. The van der Waals surface area contributed by atoms with E-state index in [0.29, 0.717) is 23.4 Å². The molecule has 0 aliphatic heterocycles. The summed E-state index contributed by atoms with van der Waals surface area (Å²) in [6.07, 6.45) is 1.75. The molecule has 0 aliphatic rings. The first kappa shape index (κ1) is 30.7. The molecule has 0 spiro atoms. The standard InChI is InChI=1S/C27H46FIN2O2Si2/c1-20(2)35(21(3)4,22(5)6)33-16-10-11-25-30-26(23-12-14-24(28)15-13-23)27(29)31(25)19-32-17-18-34(7,8)9/h12-15,20-22H,10-11,16-19H2,1-9H3. The molecule has 8 heteroatoms. The maximum atomic E-state index is 13.5. The highest BCUT2D eigenvalue weighted by Gasteiger charge is 2.44. The maximum absolute atomic E-state index is 13.5. The van der Waals surface area contributed by atoms with Gasteiger partial charge >= 0.3 is 0 Å². The normalized spacial score (nSPS) is 13.0. The van der Waals surface area contributed by atoms with Gasteiger partial charge in [-0.2, -0.15) is 0 Å². The van der Waals surface area contributed by atoms with E-state index < -0.39 is 16.4 Å². The van der Waals surface area contributed by atoms with E-state index in [-0.39, 0.29) is 5.82 Å². The summed E-state index contributed by atoms with van der Waals surface area (Å²) in [5.41, 5.74) is 3.56. The van der Waals surface area contributed by atoms with Gasteiger partial charge in [-0.1, -0.05) is 61.2 Å². The van der Waals surface area contributed by atoms with Crippen molar-refractivity contribution >= 4 is 39.0 Å². The van der Waals surface area contributed by atoms with Crippen LogP contribution in [0, 0.1) is 9.52 Å². The van der Waals surface area contributed by atoms with Crippen LogP contribution in [0.1, 0.15) is 53.8 Å². The first-order valence-electron chi connectivity index (χ1n) is 13.0. The molecular weight excluding hydrogens is 586 g/mol. The monoisotopic (exact) mass is 632 g/mol. The molecule has 2 rings (SSSR count). The van der Waals surface area contributed by atoms with Crippen LogP contribution < -0.4 is 0 Å². The number of aromatic nitrogens is 2. The number of rotatable bonds is 14. The van der Waals surface area contributed by atoms with E-state index in [1.807, 2.05) is 0 Å². The number of hydrogen-bond acceptors (Lipinski definition) is 3. The summed E-state index contributed by atoms with van der Waals surface area (Å²) in [6, 6.07) is 7.74. The third-order valence-corrected chi connectivity index (χ3v) is 15.8. The van der Waals surface area contributed by atoms with E-state index >= 15 is 0 Å². The molecule has 198 valence electrons. The molecular formula is C27H46FIN2O2Si2. The Morgan fingerprint density at radius 3 is 2.03 bits per heavy atom. The zero-order valence-electron chi connectivity index (χ0n) is 23.3. The molecule has 1 aromatic carbocycles. The zero-order chi connectivity index (χ0) is 26.4. The van der Waals surface area contributed by atoms with Gasteiger partial charge in [0.05, 0.1) is 0 Å². The van der Waals surface area contributed by atoms with Crippen LogP contribution in [-0.4, -0.2) is 39.2 Å². The van der Waals surface area contributed by atoms with Crippen molar-refractivity contribution in [2.24, 2.45) is 0 Å². The van der Waals surface area contributed by atoms with Crippen LogP contribution in [-0.2, 0) is 22.3 Å². The lowest BCUT2D eigenvalue weighted by Crippen LogP contribution is -2.48. The Balaban J connectivity index is 2.19. The van der Waals surface area contributed by atoms with Gasteiger partial charge in [0, 0.05) is 33.3 Å². The maximum Gasteiger partial charge on any atom is 0.200 e. The molecule has 4 nitrogen and oxygen atoms in total. The Hall–Kier alpha value is -0.556. The quantitative estimate of drug-likeness (QED) is 0.119. The Morgan fingerprint density at radius 2 is 1.51 bits per heavy atom. The van der Waals surface area contributed by atoms with E-state index in [4.69, 9.17) is 14.1 Å². The van der Waals surface area contributed by atoms with Crippen LogP contribution in [0.15, 0.2) is 24.3 Å². The number of halogens is 2. The van der Waals surface area contributed by atoms with Crippen molar-refractivity contribution in [3.05, 3.63) is 39.6 Å². The van der Waals surface area contributed by atoms with Gasteiger partial charge in [-0.25, -0.2) is 9.37 Å². The smallest absolute Gasteiger partial charge is 0.200 e. The molecule has 0 amide bonds. The summed E-state index contributed by atoms with van der Waals surface area (Å²) >= 11 is 2.35. The van der Waals surface area contributed by atoms with E-state index in [2.05, 4.69) is 88.3 Å². The number of imidazole rings is 1. The first-order chi connectivity index (χ1) is 16.3. The molecule has 0 saturated heterocycles. The molecule has 1 aromatic heterocycles. The lowest BCUT2D eigenvalue weighted by Gasteiger charge is -2.42. The molecule has 0 radical (unpaired) electrons. The fourth-order valence-corrected chi connectivity index (χ4v) is 12.2. The fourth-order valence-electron chi connectivity index (χ4n) is 5.10. The molecule has 0 aliphatic carbocycles. The predicted molar refractivity (Wildman–Crippen MR) is 160 cm³/mol. The van der Waals surface area contributed by atoms with Gasteiger partial charge in [0.2, 0.25) is 0 Å². The molecule has 1 heterocycles. The van der Waals surface area contributed by atoms with Crippen molar-refractivity contribution in [1.29, 1.82) is 0 Å². The molecule has 0 atom stereocenters. The average molecular weight is 633 g/mol. The molecule has 2 aromatic rings. The molecule has 0 saturated carbocycles. The highest BCUT2D eigenvalue weighted by Crippen LogP contribution is 2.42. The van der Waals surface area contributed by atoms with Crippen LogP contribution in [0.3, 0.4) is 0 Å². The van der Waals surface area contributed by atoms with Gasteiger partial charge in [-0.15, -0.1) is 0 Å². The summed E-state index contributed by atoms with van der Waals surface area (Å²) in [5, 5.41) is 0. The summed E-state index contributed by atoms with van der Waals surface area (Å²) in [7, 11) is -3.02. The van der Waals surface area contributed by atoms with Gasteiger partial charge < -0.3 is 9.16 Å². The highest BCUT2D eigenvalue weighted by molar-refractivity contribution is 14.1. The lowest BCUT2D eigenvalue weighted by atomic mass is 10.2. The minimum absolute atomic E-state index is 0.233. The third kappa shape index (κ3) is 8.21. The van der Waals surface area contributed by atoms with Crippen LogP contribution in [0.4, 0.5) is 4.39 Å². The number of aryl methyl sites for hydroxylation is 1. The van der Waals surface area contributed by atoms with Crippen LogP contribution in [0.25, 0.3) is 11.3 Å². The molecule has 0 fully saturated rings. The van der Waals surface area contributed by atoms with Gasteiger partial charge in [-0.05, 0) is 75.9 Å². The summed E-state index contributed by atoms with van der Waals surface area (Å²) in [5.74, 6) is 0.777. The van der Waals surface area contributed by atoms with Crippen molar-refractivity contribution in [3.8, 4) is 11.3 Å². The predicted octanol–water partition coefficient (Wildman–Crippen LogP) is 8.73. The second-order valence-electron chi connectivity index (χ2n) is 11.7. The third-order valence-electron chi connectivity index (χ3n) is 6.92. The summed E-state index contributed by atoms with van der Waals surface area (Å²) < 4.78 is 29.6. The molecule has 0 bridgehead atoms. The first-order valence-corrected chi connectivity index (χ1v) is 19.9. The number of ether oxygens (including phenoxy) is 1. The average Bonchev–Trinajstić information content (AvgIpc) is 3.05. The van der Waals surface area contributed by atoms with Crippen molar-refractivity contribution in [2.45, 2.75) is 103 Å². The van der Waals surface area contributed by atoms with Gasteiger partial charge in [0.15, 0.2) is 8.32 Å². The summed E-state index contributed by atoms with van der Waals surface area (Å²) in [4.78, 5) is 4.99. The second-order valence-corrected chi connectivity index (χ2v) is 23.8. The SMILES string of the molecule is CC(C)[Si](OCCCc1nc(-c2ccc(F)cc2)c(I)n1COCC[Si](C)(C)C)(C(C)C)C(C)C. The molecule has 35 heavy (non-hydrogen) atoms.